The average molecular weight is 321 g/mol. The third-order valence-corrected chi connectivity index (χ3v) is 2.74. The molecule has 0 aliphatic heterocycles. The Balaban J connectivity index is 2.07. The van der Waals surface area contributed by atoms with Gasteiger partial charge in [0.15, 0.2) is 0 Å². The standard InChI is InChI=1S/C12H9ClN6O3/c1-2-18-16-12(15-17-18)14-11(20)6-4-8-3-5-9(13)10(7-8)19(21)22/h2-7H,1H2,(H,14,16,20)/b6-4+. The highest BCUT2D eigenvalue weighted by Crippen LogP contribution is 2.25. The lowest BCUT2D eigenvalue weighted by Crippen LogP contribution is -2.09. The van der Waals surface area contributed by atoms with Gasteiger partial charge in [-0.3, -0.25) is 20.2 Å². The average Bonchev–Trinajstić information content (AvgIpc) is 2.93. The molecule has 1 amide bonds. The van der Waals surface area contributed by atoms with Gasteiger partial charge in [0, 0.05) is 18.3 Å². The van der Waals surface area contributed by atoms with Gasteiger partial charge in [-0.1, -0.05) is 29.3 Å². The van der Waals surface area contributed by atoms with Crippen LogP contribution in [-0.2, 0) is 4.79 Å². The number of aromatic nitrogens is 4. The maximum atomic E-state index is 11.7. The highest BCUT2D eigenvalue weighted by Gasteiger charge is 2.11. The van der Waals surface area contributed by atoms with E-state index in [9.17, 15) is 14.9 Å². The molecule has 0 aliphatic carbocycles. The predicted octanol–water partition coefficient (Wildman–Crippen LogP) is 1.99. The zero-order valence-corrected chi connectivity index (χ0v) is 11.8. The van der Waals surface area contributed by atoms with Crippen molar-refractivity contribution in [2.24, 2.45) is 0 Å². The van der Waals surface area contributed by atoms with Gasteiger partial charge in [0.1, 0.15) is 5.02 Å². The zero-order chi connectivity index (χ0) is 16.1. The number of carbonyl (C=O) groups is 1. The molecule has 0 saturated carbocycles. The number of carbonyl (C=O) groups excluding carboxylic acids is 1. The van der Waals surface area contributed by atoms with Gasteiger partial charge in [-0.15, -0.1) is 9.90 Å². The smallest absolute Gasteiger partial charge is 0.288 e. The van der Waals surface area contributed by atoms with E-state index in [-0.39, 0.29) is 16.7 Å². The first-order valence-electron chi connectivity index (χ1n) is 5.84. The summed E-state index contributed by atoms with van der Waals surface area (Å²) in [5.41, 5.74) is 0.216. The molecule has 0 aliphatic rings. The minimum Gasteiger partial charge on any atom is -0.288 e. The number of nitro groups is 1. The summed E-state index contributed by atoms with van der Waals surface area (Å²) in [6.45, 7) is 3.43. The van der Waals surface area contributed by atoms with Crippen LogP contribution in [0.3, 0.4) is 0 Å². The molecular weight excluding hydrogens is 312 g/mol. The molecule has 0 radical (unpaired) electrons. The van der Waals surface area contributed by atoms with Crippen molar-refractivity contribution in [3.8, 4) is 0 Å². The largest absolute Gasteiger partial charge is 0.288 e. The van der Waals surface area contributed by atoms with Crippen molar-refractivity contribution in [3.63, 3.8) is 0 Å². The molecule has 2 aromatic rings. The fourth-order valence-corrected chi connectivity index (χ4v) is 1.64. The monoisotopic (exact) mass is 320 g/mol. The zero-order valence-electron chi connectivity index (χ0n) is 11.0. The van der Waals surface area contributed by atoms with Gasteiger partial charge < -0.3 is 0 Å². The maximum absolute atomic E-state index is 11.7. The second-order valence-corrected chi connectivity index (χ2v) is 4.31. The number of nitrogens with zero attached hydrogens (tertiary/aromatic N) is 5. The van der Waals surface area contributed by atoms with Gasteiger partial charge in [0.2, 0.25) is 0 Å². The van der Waals surface area contributed by atoms with Crippen molar-refractivity contribution in [2.75, 3.05) is 5.32 Å². The fourth-order valence-electron chi connectivity index (χ4n) is 1.45. The Kier molecular flexibility index (Phi) is 4.59. The lowest BCUT2D eigenvalue weighted by atomic mass is 10.2. The number of halogens is 1. The highest BCUT2D eigenvalue weighted by atomic mass is 35.5. The minimum atomic E-state index is -0.600. The summed E-state index contributed by atoms with van der Waals surface area (Å²) < 4.78 is 0. The van der Waals surface area contributed by atoms with Gasteiger partial charge in [-0.05, 0) is 22.9 Å². The van der Waals surface area contributed by atoms with Crippen LogP contribution in [0.25, 0.3) is 12.3 Å². The Morgan fingerprint density at radius 2 is 2.27 bits per heavy atom. The van der Waals surface area contributed by atoms with Crippen LogP contribution in [0, 0.1) is 10.1 Å². The van der Waals surface area contributed by atoms with Crippen LogP contribution in [0.5, 0.6) is 0 Å². The van der Waals surface area contributed by atoms with Crippen molar-refractivity contribution in [2.45, 2.75) is 0 Å². The molecule has 10 heteroatoms. The molecule has 1 heterocycles. The molecule has 1 aromatic heterocycles. The van der Waals surface area contributed by atoms with Crippen LogP contribution >= 0.6 is 11.6 Å². The summed E-state index contributed by atoms with van der Waals surface area (Å²) in [6.07, 6.45) is 3.89. The fraction of sp³-hybridized carbons (Fsp3) is 0. The predicted molar refractivity (Wildman–Crippen MR) is 80.0 cm³/mol. The Bertz CT molecular complexity index is 770. The molecule has 0 bridgehead atoms. The summed E-state index contributed by atoms with van der Waals surface area (Å²) in [4.78, 5) is 22.9. The van der Waals surface area contributed by atoms with Gasteiger partial charge in [0.25, 0.3) is 17.5 Å². The molecule has 22 heavy (non-hydrogen) atoms. The molecular formula is C12H9ClN6O3. The number of benzene rings is 1. The summed E-state index contributed by atoms with van der Waals surface area (Å²) >= 11 is 5.70. The Hall–Kier alpha value is -3.07. The van der Waals surface area contributed by atoms with Crippen LogP contribution < -0.4 is 5.32 Å². The van der Waals surface area contributed by atoms with Crippen molar-refractivity contribution in [3.05, 3.63) is 51.6 Å². The number of tetrazole rings is 1. The minimum absolute atomic E-state index is 0.0108. The molecule has 0 fully saturated rings. The van der Waals surface area contributed by atoms with E-state index in [4.69, 9.17) is 11.6 Å². The summed E-state index contributed by atoms with van der Waals surface area (Å²) in [7, 11) is 0. The van der Waals surface area contributed by atoms with E-state index in [0.29, 0.717) is 5.56 Å². The van der Waals surface area contributed by atoms with E-state index in [1.54, 1.807) is 6.07 Å². The number of rotatable bonds is 5. The van der Waals surface area contributed by atoms with E-state index in [1.165, 1.54) is 30.5 Å². The first-order valence-corrected chi connectivity index (χ1v) is 6.22. The normalized spacial score (nSPS) is 10.6. The number of hydrogen-bond donors (Lipinski definition) is 1. The van der Waals surface area contributed by atoms with Gasteiger partial charge >= 0.3 is 0 Å². The van der Waals surface area contributed by atoms with Gasteiger partial charge in [0.05, 0.1) is 4.92 Å². The van der Waals surface area contributed by atoms with Crippen LogP contribution in [0.1, 0.15) is 5.56 Å². The van der Waals surface area contributed by atoms with Gasteiger partial charge in [-0.2, -0.15) is 0 Å². The number of hydrogen-bond acceptors (Lipinski definition) is 6. The Labute approximate surface area is 129 Å². The van der Waals surface area contributed by atoms with Crippen LogP contribution in [0.15, 0.2) is 30.9 Å². The van der Waals surface area contributed by atoms with Crippen LogP contribution in [0.2, 0.25) is 5.02 Å². The second-order valence-electron chi connectivity index (χ2n) is 3.91. The molecule has 112 valence electrons. The van der Waals surface area contributed by atoms with Crippen LogP contribution in [-0.4, -0.2) is 31.0 Å². The summed E-state index contributed by atoms with van der Waals surface area (Å²) in [5.74, 6) is -0.502. The maximum Gasteiger partial charge on any atom is 0.288 e. The first-order chi connectivity index (χ1) is 10.5. The van der Waals surface area contributed by atoms with E-state index in [2.05, 4.69) is 27.3 Å². The van der Waals surface area contributed by atoms with E-state index >= 15 is 0 Å². The lowest BCUT2D eigenvalue weighted by molar-refractivity contribution is -0.384. The lowest BCUT2D eigenvalue weighted by Gasteiger charge is -1.97. The summed E-state index contributed by atoms with van der Waals surface area (Å²) in [6, 6.07) is 4.19. The van der Waals surface area contributed by atoms with Crippen molar-refractivity contribution in [1.29, 1.82) is 0 Å². The van der Waals surface area contributed by atoms with E-state index in [0.717, 1.165) is 4.80 Å². The molecule has 1 N–H and O–H groups in total. The van der Waals surface area contributed by atoms with Crippen LogP contribution in [0.4, 0.5) is 11.6 Å². The number of anilines is 1. The molecule has 0 saturated heterocycles. The molecule has 0 atom stereocenters. The Morgan fingerprint density at radius 1 is 1.50 bits per heavy atom. The van der Waals surface area contributed by atoms with Crippen molar-refractivity contribution >= 4 is 41.4 Å². The third kappa shape index (κ3) is 3.73. The molecule has 0 unspecified atom stereocenters. The topological polar surface area (TPSA) is 116 Å². The molecule has 2 rings (SSSR count). The Morgan fingerprint density at radius 3 is 2.91 bits per heavy atom. The van der Waals surface area contributed by atoms with E-state index in [1.807, 2.05) is 0 Å². The first kappa shape index (κ1) is 15.3. The highest BCUT2D eigenvalue weighted by molar-refractivity contribution is 6.32. The third-order valence-electron chi connectivity index (χ3n) is 2.42. The SMILES string of the molecule is C=Cn1nnc(NC(=O)/C=C/c2ccc(Cl)c([N+](=O)[O-])c2)n1. The molecule has 1 aromatic carbocycles. The van der Waals surface area contributed by atoms with Gasteiger partial charge in [-0.25, -0.2) is 0 Å². The molecule has 9 nitrogen and oxygen atoms in total. The molecule has 0 spiro atoms. The van der Waals surface area contributed by atoms with Crippen molar-refractivity contribution in [1.82, 2.24) is 20.2 Å². The van der Waals surface area contributed by atoms with Crippen molar-refractivity contribution < 1.29 is 9.72 Å². The second kappa shape index (κ2) is 6.59. The summed E-state index contributed by atoms with van der Waals surface area (Å²) in [5, 5.41) is 24.1. The quantitative estimate of drug-likeness (QED) is 0.511. The number of nitro benzene ring substituents is 1. The number of nitrogens with one attached hydrogen (secondary N) is 1. The number of amides is 1. The van der Waals surface area contributed by atoms with E-state index < -0.39 is 10.8 Å².